The zero-order valence-corrected chi connectivity index (χ0v) is 10.7. The third-order valence-electron chi connectivity index (χ3n) is 1.64. The first-order valence-corrected chi connectivity index (χ1v) is 5.86. The second-order valence-electron chi connectivity index (χ2n) is 2.70. The molecule has 1 aromatic carbocycles. The van der Waals surface area contributed by atoms with E-state index in [2.05, 4.69) is 20.7 Å². The van der Waals surface area contributed by atoms with Crippen LogP contribution in [0.15, 0.2) is 12.1 Å². The zero-order chi connectivity index (χ0) is 12.3. The fourth-order valence-electron chi connectivity index (χ4n) is 1.05. The average molecular weight is 334 g/mol. The van der Waals surface area contributed by atoms with E-state index in [4.69, 9.17) is 23.2 Å². The minimum absolute atomic E-state index is 0.0207. The first-order chi connectivity index (χ1) is 7.45. The summed E-state index contributed by atoms with van der Waals surface area (Å²) in [4.78, 5) is 11.4. The van der Waals surface area contributed by atoms with Gasteiger partial charge in [-0.2, -0.15) is 8.78 Å². The van der Waals surface area contributed by atoms with Crippen LogP contribution in [-0.2, 0) is 0 Å². The van der Waals surface area contributed by atoms with Gasteiger partial charge in [0.1, 0.15) is 5.75 Å². The summed E-state index contributed by atoms with van der Waals surface area (Å²) in [5, 5.41) is 0.00166. The molecule has 0 aliphatic carbocycles. The highest BCUT2D eigenvalue weighted by Crippen LogP contribution is 2.31. The maximum atomic E-state index is 11.9. The first kappa shape index (κ1) is 13.7. The molecular formula is C9H5BrCl2F2O2. The molecule has 88 valence electrons. The van der Waals surface area contributed by atoms with Gasteiger partial charge in [0.15, 0.2) is 5.78 Å². The van der Waals surface area contributed by atoms with Crippen molar-refractivity contribution in [1.82, 2.24) is 0 Å². The minimum Gasteiger partial charge on any atom is -0.435 e. The van der Waals surface area contributed by atoms with E-state index in [0.29, 0.717) is 0 Å². The molecule has 0 bridgehead atoms. The van der Waals surface area contributed by atoms with Crippen LogP contribution < -0.4 is 4.74 Å². The smallest absolute Gasteiger partial charge is 0.387 e. The molecule has 0 radical (unpaired) electrons. The van der Waals surface area contributed by atoms with E-state index in [1.54, 1.807) is 0 Å². The molecule has 0 unspecified atom stereocenters. The molecule has 16 heavy (non-hydrogen) atoms. The highest BCUT2D eigenvalue weighted by Gasteiger charge is 2.16. The number of ether oxygens (including phenoxy) is 1. The van der Waals surface area contributed by atoms with Gasteiger partial charge in [0, 0.05) is 0 Å². The molecule has 1 rings (SSSR count). The molecule has 0 aliphatic rings. The largest absolute Gasteiger partial charge is 0.435 e. The molecule has 0 aromatic heterocycles. The van der Waals surface area contributed by atoms with Gasteiger partial charge in [-0.05, 0) is 12.1 Å². The molecule has 0 N–H and O–H groups in total. The number of hydrogen-bond donors (Lipinski definition) is 0. The predicted molar refractivity (Wildman–Crippen MR) is 61.2 cm³/mol. The molecule has 0 heterocycles. The molecule has 0 saturated carbocycles. The standard InChI is InChI=1S/C9H5BrCl2F2O2/c10-3-7(15)8-5(11)1-4(2-6(8)12)16-9(13)14/h1-2,9H,3H2. The number of hydrogen-bond acceptors (Lipinski definition) is 2. The predicted octanol–water partition coefficient (Wildman–Crippen LogP) is 4.17. The SMILES string of the molecule is O=C(CBr)c1c(Cl)cc(OC(F)F)cc1Cl. The fraction of sp³-hybridized carbons (Fsp3) is 0.222. The summed E-state index contributed by atoms with van der Waals surface area (Å²) in [6.07, 6.45) is 0. The highest BCUT2D eigenvalue weighted by molar-refractivity contribution is 9.09. The van der Waals surface area contributed by atoms with Crippen molar-refractivity contribution < 1.29 is 18.3 Å². The van der Waals surface area contributed by atoms with E-state index < -0.39 is 6.61 Å². The Bertz CT molecular complexity index is 389. The van der Waals surface area contributed by atoms with Gasteiger partial charge >= 0.3 is 6.61 Å². The zero-order valence-electron chi connectivity index (χ0n) is 7.65. The summed E-state index contributed by atoms with van der Waals surface area (Å²) in [5.74, 6) is -0.519. The Balaban J connectivity index is 3.12. The van der Waals surface area contributed by atoms with Gasteiger partial charge in [0.25, 0.3) is 0 Å². The minimum atomic E-state index is -2.97. The maximum absolute atomic E-state index is 11.9. The van der Waals surface area contributed by atoms with Crippen molar-refractivity contribution in [2.45, 2.75) is 6.61 Å². The van der Waals surface area contributed by atoms with Gasteiger partial charge in [-0.3, -0.25) is 4.79 Å². The van der Waals surface area contributed by atoms with Crippen molar-refractivity contribution in [1.29, 1.82) is 0 Å². The van der Waals surface area contributed by atoms with Crippen LogP contribution in [0.2, 0.25) is 10.0 Å². The van der Waals surface area contributed by atoms with Crippen LogP contribution in [0.1, 0.15) is 10.4 Å². The van der Waals surface area contributed by atoms with Crippen LogP contribution in [0.4, 0.5) is 8.78 Å². The normalized spacial score (nSPS) is 10.6. The molecule has 0 atom stereocenters. The molecule has 1 aromatic rings. The molecule has 0 fully saturated rings. The number of carbonyl (C=O) groups is 1. The van der Waals surface area contributed by atoms with Crippen LogP contribution in [0, 0.1) is 0 Å². The Morgan fingerprint density at radius 3 is 2.25 bits per heavy atom. The molecule has 0 spiro atoms. The monoisotopic (exact) mass is 332 g/mol. The Hall–Kier alpha value is -0.390. The van der Waals surface area contributed by atoms with Crippen LogP contribution in [0.3, 0.4) is 0 Å². The van der Waals surface area contributed by atoms with E-state index in [1.807, 2.05) is 0 Å². The molecule has 0 saturated heterocycles. The number of rotatable bonds is 4. The first-order valence-electron chi connectivity index (χ1n) is 3.98. The van der Waals surface area contributed by atoms with E-state index in [9.17, 15) is 13.6 Å². The van der Waals surface area contributed by atoms with Crippen molar-refractivity contribution in [3.8, 4) is 5.75 Å². The summed E-state index contributed by atoms with van der Waals surface area (Å²) in [5.41, 5.74) is 0.0850. The average Bonchev–Trinajstić information content (AvgIpc) is 2.15. The third kappa shape index (κ3) is 3.30. The summed E-state index contributed by atoms with van der Waals surface area (Å²) >= 11 is 14.4. The number of halogens is 5. The maximum Gasteiger partial charge on any atom is 0.387 e. The summed E-state index contributed by atoms with van der Waals surface area (Å²) in [7, 11) is 0. The van der Waals surface area contributed by atoms with Crippen LogP contribution in [0.5, 0.6) is 5.75 Å². The lowest BCUT2D eigenvalue weighted by atomic mass is 10.1. The van der Waals surface area contributed by atoms with Crippen LogP contribution >= 0.6 is 39.1 Å². The van der Waals surface area contributed by atoms with Gasteiger partial charge < -0.3 is 4.74 Å². The van der Waals surface area contributed by atoms with Crippen molar-refractivity contribution in [3.05, 3.63) is 27.7 Å². The Morgan fingerprint density at radius 1 is 1.38 bits per heavy atom. The lowest BCUT2D eigenvalue weighted by molar-refractivity contribution is -0.0498. The van der Waals surface area contributed by atoms with Gasteiger partial charge in [0.2, 0.25) is 0 Å². The van der Waals surface area contributed by atoms with E-state index in [0.717, 1.165) is 12.1 Å². The molecule has 2 nitrogen and oxygen atoms in total. The number of ketones is 1. The van der Waals surface area contributed by atoms with E-state index in [1.165, 1.54) is 0 Å². The number of carbonyl (C=O) groups excluding carboxylic acids is 1. The van der Waals surface area contributed by atoms with E-state index >= 15 is 0 Å². The van der Waals surface area contributed by atoms with Crippen molar-refractivity contribution in [2.24, 2.45) is 0 Å². The Labute approximate surface area is 109 Å². The lowest BCUT2D eigenvalue weighted by Gasteiger charge is -2.09. The quantitative estimate of drug-likeness (QED) is 0.610. The van der Waals surface area contributed by atoms with Crippen molar-refractivity contribution in [2.75, 3.05) is 5.33 Å². The second kappa shape index (κ2) is 5.80. The van der Waals surface area contributed by atoms with Crippen molar-refractivity contribution in [3.63, 3.8) is 0 Å². The second-order valence-corrected chi connectivity index (χ2v) is 4.07. The summed E-state index contributed by atoms with van der Waals surface area (Å²) in [6.45, 7) is -2.97. The summed E-state index contributed by atoms with van der Waals surface area (Å²) in [6, 6.07) is 2.24. The van der Waals surface area contributed by atoms with Gasteiger partial charge in [-0.1, -0.05) is 39.1 Å². The Kier molecular flexibility index (Phi) is 4.95. The third-order valence-corrected chi connectivity index (χ3v) is 2.75. The topological polar surface area (TPSA) is 26.3 Å². The van der Waals surface area contributed by atoms with Crippen molar-refractivity contribution >= 4 is 44.9 Å². The molecular weight excluding hydrogens is 329 g/mol. The molecule has 0 aliphatic heterocycles. The van der Waals surface area contributed by atoms with Crippen LogP contribution in [0.25, 0.3) is 0 Å². The van der Waals surface area contributed by atoms with Crippen LogP contribution in [-0.4, -0.2) is 17.7 Å². The lowest BCUT2D eigenvalue weighted by Crippen LogP contribution is -2.05. The van der Waals surface area contributed by atoms with E-state index in [-0.39, 0.29) is 32.5 Å². The summed E-state index contributed by atoms with van der Waals surface area (Å²) < 4.78 is 28.0. The molecule has 0 amide bonds. The Morgan fingerprint density at radius 2 is 1.88 bits per heavy atom. The van der Waals surface area contributed by atoms with Gasteiger partial charge in [-0.25, -0.2) is 0 Å². The number of benzene rings is 1. The number of alkyl halides is 3. The highest BCUT2D eigenvalue weighted by atomic mass is 79.9. The van der Waals surface area contributed by atoms with Gasteiger partial charge in [0.05, 0.1) is 20.9 Å². The molecule has 7 heteroatoms. The fourth-order valence-corrected chi connectivity index (χ4v) is 2.01. The number of Topliss-reactive ketones (excluding diaryl/α,β-unsaturated/α-hetero) is 1. The van der Waals surface area contributed by atoms with Gasteiger partial charge in [-0.15, -0.1) is 0 Å².